The maximum absolute atomic E-state index is 12.6. The molecule has 160 valence electrons. The summed E-state index contributed by atoms with van der Waals surface area (Å²) in [6.45, 7) is 8.51. The minimum absolute atomic E-state index is 0.129. The van der Waals surface area contributed by atoms with Crippen LogP contribution in [0.25, 0.3) is 0 Å². The molecule has 0 atom stereocenters. The van der Waals surface area contributed by atoms with E-state index in [1.54, 1.807) is 19.1 Å². The van der Waals surface area contributed by atoms with Gasteiger partial charge in [0.05, 0.1) is 36.8 Å². The number of morpholine rings is 1. The van der Waals surface area contributed by atoms with E-state index in [1.165, 1.54) is 0 Å². The Bertz CT molecular complexity index is 906. The summed E-state index contributed by atoms with van der Waals surface area (Å²) in [6, 6.07) is 11.0. The molecule has 1 amide bonds. The van der Waals surface area contributed by atoms with E-state index in [0.29, 0.717) is 43.3 Å². The van der Waals surface area contributed by atoms with E-state index in [4.69, 9.17) is 14.2 Å². The van der Waals surface area contributed by atoms with Gasteiger partial charge in [-0.3, -0.25) is 4.79 Å². The van der Waals surface area contributed by atoms with Gasteiger partial charge in [-0.25, -0.2) is 4.79 Å². The molecular weight excluding hydrogens is 384 g/mol. The minimum Gasteiger partial charge on any atom is -0.483 e. The molecule has 1 N–H and O–H groups in total. The van der Waals surface area contributed by atoms with Gasteiger partial charge >= 0.3 is 5.97 Å². The number of hydrogen-bond donors (Lipinski definition) is 1. The van der Waals surface area contributed by atoms with Crippen molar-refractivity contribution in [3.05, 3.63) is 53.1 Å². The Morgan fingerprint density at radius 3 is 2.57 bits per heavy atom. The normalized spacial score (nSPS) is 13.6. The van der Waals surface area contributed by atoms with Crippen molar-refractivity contribution in [2.24, 2.45) is 0 Å². The number of carbonyl (C=O) groups excluding carboxylic acids is 2. The molecule has 1 heterocycles. The third-order valence-electron chi connectivity index (χ3n) is 4.82. The monoisotopic (exact) mass is 412 g/mol. The molecular formula is C23H28N2O5. The van der Waals surface area contributed by atoms with Crippen molar-refractivity contribution < 1.29 is 23.8 Å². The van der Waals surface area contributed by atoms with Gasteiger partial charge in [-0.15, -0.1) is 0 Å². The highest BCUT2D eigenvalue weighted by Crippen LogP contribution is 2.28. The Kier molecular flexibility index (Phi) is 7.30. The van der Waals surface area contributed by atoms with Crippen LogP contribution in [0, 0.1) is 13.8 Å². The van der Waals surface area contributed by atoms with E-state index >= 15 is 0 Å². The van der Waals surface area contributed by atoms with E-state index in [2.05, 4.69) is 10.2 Å². The molecule has 0 spiro atoms. The van der Waals surface area contributed by atoms with Crippen molar-refractivity contribution in [1.82, 2.24) is 0 Å². The molecule has 1 saturated heterocycles. The standard InChI is InChI=1S/C23H28N2O5/c1-4-29-23(27)18-6-7-20(25-9-11-28-12-10-25)19(14-18)24-22(26)15-30-21-8-5-16(2)13-17(21)3/h5-8,13-14H,4,9-12,15H2,1-3H3,(H,24,26). The number of nitrogens with zero attached hydrogens (tertiary/aromatic N) is 1. The van der Waals surface area contributed by atoms with Crippen LogP contribution in [0.3, 0.4) is 0 Å². The van der Waals surface area contributed by atoms with Gasteiger partial charge in [0.1, 0.15) is 5.75 Å². The molecule has 2 aromatic rings. The van der Waals surface area contributed by atoms with Gasteiger partial charge < -0.3 is 24.4 Å². The first-order chi connectivity index (χ1) is 14.5. The van der Waals surface area contributed by atoms with Crippen molar-refractivity contribution in [3.63, 3.8) is 0 Å². The van der Waals surface area contributed by atoms with Gasteiger partial charge in [-0.05, 0) is 50.6 Å². The molecule has 1 fully saturated rings. The maximum Gasteiger partial charge on any atom is 0.338 e. The first-order valence-corrected chi connectivity index (χ1v) is 10.1. The summed E-state index contributed by atoms with van der Waals surface area (Å²) in [4.78, 5) is 26.9. The van der Waals surface area contributed by atoms with Crippen LogP contribution in [-0.4, -0.2) is 51.4 Å². The summed E-state index contributed by atoms with van der Waals surface area (Å²) in [5, 5.41) is 2.89. The van der Waals surface area contributed by atoms with E-state index < -0.39 is 5.97 Å². The fourth-order valence-electron chi connectivity index (χ4n) is 3.35. The largest absolute Gasteiger partial charge is 0.483 e. The Labute approximate surface area is 176 Å². The minimum atomic E-state index is -0.423. The number of rotatable bonds is 7. The molecule has 0 bridgehead atoms. The number of ether oxygens (including phenoxy) is 3. The third kappa shape index (κ3) is 5.51. The number of amides is 1. The molecule has 7 heteroatoms. The zero-order chi connectivity index (χ0) is 21.5. The summed E-state index contributed by atoms with van der Waals surface area (Å²) in [5.74, 6) is -0.0528. The van der Waals surface area contributed by atoms with Gasteiger partial charge in [0.2, 0.25) is 0 Å². The molecule has 1 aliphatic heterocycles. The predicted molar refractivity (Wildman–Crippen MR) is 115 cm³/mol. The number of hydrogen-bond acceptors (Lipinski definition) is 6. The highest BCUT2D eigenvalue weighted by molar-refractivity contribution is 5.98. The van der Waals surface area contributed by atoms with Crippen LogP contribution in [0.1, 0.15) is 28.4 Å². The predicted octanol–water partition coefficient (Wildman–Crippen LogP) is 3.33. The van der Waals surface area contributed by atoms with Crippen molar-refractivity contribution in [2.45, 2.75) is 20.8 Å². The number of carbonyl (C=O) groups is 2. The Hall–Kier alpha value is -3.06. The maximum atomic E-state index is 12.6. The summed E-state index contributed by atoms with van der Waals surface area (Å²) in [6.07, 6.45) is 0. The van der Waals surface area contributed by atoms with Gasteiger partial charge in [-0.2, -0.15) is 0 Å². The smallest absolute Gasteiger partial charge is 0.338 e. The molecule has 0 radical (unpaired) electrons. The lowest BCUT2D eigenvalue weighted by Gasteiger charge is -2.30. The van der Waals surface area contributed by atoms with E-state index in [1.807, 2.05) is 38.1 Å². The van der Waals surface area contributed by atoms with Gasteiger partial charge in [0.15, 0.2) is 6.61 Å². The molecule has 0 saturated carbocycles. The fourth-order valence-corrected chi connectivity index (χ4v) is 3.35. The van der Waals surface area contributed by atoms with E-state index in [9.17, 15) is 9.59 Å². The highest BCUT2D eigenvalue weighted by atomic mass is 16.5. The molecule has 2 aromatic carbocycles. The number of aryl methyl sites for hydroxylation is 2. The molecule has 1 aliphatic rings. The van der Waals surface area contributed by atoms with Gasteiger partial charge in [-0.1, -0.05) is 17.7 Å². The average molecular weight is 412 g/mol. The van der Waals surface area contributed by atoms with Crippen molar-refractivity contribution in [1.29, 1.82) is 0 Å². The van der Waals surface area contributed by atoms with Crippen molar-refractivity contribution in [2.75, 3.05) is 49.7 Å². The Balaban J connectivity index is 1.76. The second-order valence-corrected chi connectivity index (χ2v) is 7.16. The van der Waals surface area contributed by atoms with Crippen LogP contribution in [0.2, 0.25) is 0 Å². The van der Waals surface area contributed by atoms with Crippen LogP contribution >= 0.6 is 0 Å². The van der Waals surface area contributed by atoms with Crippen molar-refractivity contribution in [3.8, 4) is 5.75 Å². The van der Waals surface area contributed by atoms with Crippen molar-refractivity contribution >= 4 is 23.3 Å². The van der Waals surface area contributed by atoms with E-state index in [0.717, 1.165) is 16.8 Å². The Morgan fingerprint density at radius 1 is 1.10 bits per heavy atom. The molecule has 0 aliphatic carbocycles. The molecule has 3 rings (SSSR count). The summed E-state index contributed by atoms with van der Waals surface area (Å²) >= 11 is 0. The summed E-state index contributed by atoms with van der Waals surface area (Å²) < 4.78 is 16.2. The molecule has 7 nitrogen and oxygen atoms in total. The number of benzene rings is 2. The van der Waals surface area contributed by atoms with Crippen LogP contribution in [0.4, 0.5) is 11.4 Å². The zero-order valence-corrected chi connectivity index (χ0v) is 17.7. The van der Waals surface area contributed by atoms with E-state index in [-0.39, 0.29) is 19.1 Å². The SMILES string of the molecule is CCOC(=O)c1ccc(N2CCOCC2)c(NC(=O)COc2ccc(C)cc2C)c1. The van der Waals surface area contributed by atoms with Crippen LogP contribution in [0.15, 0.2) is 36.4 Å². The average Bonchev–Trinajstić information content (AvgIpc) is 2.74. The lowest BCUT2D eigenvalue weighted by atomic mass is 10.1. The fraction of sp³-hybridized carbons (Fsp3) is 0.391. The second-order valence-electron chi connectivity index (χ2n) is 7.16. The quantitative estimate of drug-likeness (QED) is 0.703. The van der Waals surface area contributed by atoms with Gasteiger partial charge in [0.25, 0.3) is 5.91 Å². The molecule has 0 aromatic heterocycles. The lowest BCUT2D eigenvalue weighted by molar-refractivity contribution is -0.118. The topological polar surface area (TPSA) is 77.1 Å². The molecule has 30 heavy (non-hydrogen) atoms. The lowest BCUT2D eigenvalue weighted by Crippen LogP contribution is -2.37. The van der Waals surface area contributed by atoms with Crippen LogP contribution < -0.4 is 15.0 Å². The highest BCUT2D eigenvalue weighted by Gasteiger charge is 2.19. The van der Waals surface area contributed by atoms with Crippen LogP contribution in [0.5, 0.6) is 5.75 Å². The summed E-state index contributed by atoms with van der Waals surface area (Å²) in [7, 11) is 0. The molecule has 0 unspecified atom stereocenters. The zero-order valence-electron chi connectivity index (χ0n) is 17.7. The second kappa shape index (κ2) is 10.1. The van der Waals surface area contributed by atoms with Gasteiger partial charge in [0, 0.05) is 13.1 Å². The third-order valence-corrected chi connectivity index (χ3v) is 4.82. The first-order valence-electron chi connectivity index (χ1n) is 10.1. The number of anilines is 2. The number of nitrogens with one attached hydrogen (secondary N) is 1. The first kappa shape index (κ1) is 21.6. The Morgan fingerprint density at radius 2 is 1.87 bits per heavy atom. The summed E-state index contributed by atoms with van der Waals surface area (Å²) in [5.41, 5.74) is 3.89. The van der Waals surface area contributed by atoms with Crippen LogP contribution in [-0.2, 0) is 14.3 Å². The number of esters is 1.